The van der Waals surface area contributed by atoms with E-state index in [9.17, 15) is 14.7 Å². The molecule has 1 saturated heterocycles. The summed E-state index contributed by atoms with van der Waals surface area (Å²) in [5.41, 5.74) is 12.5. The Hall–Kier alpha value is -3.14. The van der Waals surface area contributed by atoms with E-state index in [2.05, 4.69) is 0 Å². The van der Waals surface area contributed by atoms with Gasteiger partial charge < -0.3 is 30.8 Å². The maximum Gasteiger partial charge on any atom is 0.410 e. The number of cyclic esters (lactones) is 1. The molecule has 4 atom stereocenters. The van der Waals surface area contributed by atoms with Gasteiger partial charge in [-0.2, -0.15) is 0 Å². The lowest BCUT2D eigenvalue weighted by molar-refractivity contribution is -0.0768. The van der Waals surface area contributed by atoms with Crippen LogP contribution in [-0.4, -0.2) is 71.8 Å². The third-order valence-corrected chi connectivity index (χ3v) is 5.96. The molecule has 190 valence electrons. The van der Waals surface area contributed by atoms with Crippen molar-refractivity contribution in [2.45, 2.75) is 56.6 Å². The summed E-state index contributed by atoms with van der Waals surface area (Å²) in [7, 11) is 0. The first kappa shape index (κ1) is 26.5. The van der Waals surface area contributed by atoms with Crippen molar-refractivity contribution in [3.63, 3.8) is 0 Å². The Kier molecular flexibility index (Phi) is 9.08. The minimum absolute atomic E-state index is 0.0413. The number of hydrogen-bond acceptors (Lipinski definition) is 7. The summed E-state index contributed by atoms with van der Waals surface area (Å²) in [6, 6.07) is 18.4. The second-order valence-corrected chi connectivity index (χ2v) is 9.35. The van der Waals surface area contributed by atoms with Gasteiger partial charge in [0.25, 0.3) is 0 Å². The number of carbonyl (C=O) groups is 2. The summed E-state index contributed by atoms with van der Waals surface area (Å²) >= 11 is 0. The normalized spacial score (nSPS) is 18.4. The lowest BCUT2D eigenvalue weighted by Gasteiger charge is -2.32. The largest absolute Gasteiger partial charge is 0.443 e. The number of amides is 2. The molecule has 3 rings (SSSR count). The van der Waals surface area contributed by atoms with Gasteiger partial charge in [-0.15, -0.1) is 0 Å². The van der Waals surface area contributed by atoms with Gasteiger partial charge in [0.1, 0.15) is 17.8 Å². The van der Waals surface area contributed by atoms with E-state index in [1.54, 1.807) is 4.90 Å². The number of aliphatic hydroxyl groups is 1. The Morgan fingerprint density at radius 2 is 1.63 bits per heavy atom. The third kappa shape index (κ3) is 7.68. The van der Waals surface area contributed by atoms with Gasteiger partial charge >= 0.3 is 12.2 Å². The molecule has 0 bridgehead atoms. The first-order valence-corrected chi connectivity index (χ1v) is 11.7. The van der Waals surface area contributed by atoms with Crippen LogP contribution in [0.4, 0.5) is 9.59 Å². The third-order valence-electron chi connectivity index (χ3n) is 5.96. The maximum absolute atomic E-state index is 12.6. The average molecular weight is 486 g/mol. The van der Waals surface area contributed by atoms with Gasteiger partial charge in [-0.25, -0.2) is 9.59 Å². The fraction of sp³-hybridized carbons (Fsp3) is 0.462. The summed E-state index contributed by atoms with van der Waals surface area (Å²) in [6.07, 6.45) is -3.15. The number of aliphatic hydroxyl groups excluding tert-OH is 1. The van der Waals surface area contributed by atoms with Crippen LogP contribution in [0.3, 0.4) is 0 Å². The van der Waals surface area contributed by atoms with E-state index >= 15 is 0 Å². The molecule has 0 radical (unpaired) electrons. The molecule has 1 aliphatic rings. The van der Waals surface area contributed by atoms with Crippen LogP contribution in [0, 0.1) is 0 Å². The van der Waals surface area contributed by atoms with Crippen LogP contribution in [-0.2, 0) is 27.1 Å². The van der Waals surface area contributed by atoms with E-state index in [4.69, 9.17) is 25.7 Å². The predicted octanol–water partition coefficient (Wildman–Crippen LogP) is 2.24. The number of primary amides is 1. The predicted molar refractivity (Wildman–Crippen MR) is 131 cm³/mol. The second kappa shape index (κ2) is 12.0. The number of hydrogen-bond donors (Lipinski definition) is 3. The van der Waals surface area contributed by atoms with Crippen LogP contribution in [0.15, 0.2) is 60.7 Å². The Bertz CT molecular complexity index is 956. The SMILES string of the molecule is CC1(C)CN(C(Cc2ccccc2)C(O)COC(CN)C(Cc2ccccc2)OC(N)=O)C(=O)O1. The molecular formula is C26H35N3O6. The molecule has 1 fully saturated rings. The van der Waals surface area contributed by atoms with Crippen LogP contribution in [0.25, 0.3) is 0 Å². The van der Waals surface area contributed by atoms with Crippen molar-refractivity contribution < 1.29 is 28.9 Å². The summed E-state index contributed by atoms with van der Waals surface area (Å²) in [5, 5.41) is 11.2. The zero-order valence-electron chi connectivity index (χ0n) is 20.2. The Morgan fingerprint density at radius 1 is 1.06 bits per heavy atom. The van der Waals surface area contributed by atoms with Crippen molar-refractivity contribution in [3.05, 3.63) is 71.8 Å². The molecular weight excluding hydrogens is 450 g/mol. The molecule has 5 N–H and O–H groups in total. The van der Waals surface area contributed by atoms with Gasteiger partial charge in [0.2, 0.25) is 0 Å². The second-order valence-electron chi connectivity index (χ2n) is 9.35. The molecule has 2 amide bonds. The van der Waals surface area contributed by atoms with Crippen molar-refractivity contribution in [2.24, 2.45) is 11.5 Å². The zero-order valence-corrected chi connectivity index (χ0v) is 20.2. The summed E-state index contributed by atoms with van der Waals surface area (Å²) < 4.78 is 16.7. The Labute approximate surface area is 205 Å². The number of nitrogens with two attached hydrogens (primary N) is 2. The fourth-order valence-corrected chi connectivity index (χ4v) is 4.27. The first-order valence-electron chi connectivity index (χ1n) is 11.7. The molecule has 0 spiro atoms. The molecule has 1 heterocycles. The minimum Gasteiger partial charge on any atom is -0.443 e. The van der Waals surface area contributed by atoms with Crippen molar-refractivity contribution in [1.82, 2.24) is 4.90 Å². The highest BCUT2D eigenvalue weighted by Crippen LogP contribution is 2.27. The smallest absolute Gasteiger partial charge is 0.410 e. The molecule has 4 unspecified atom stereocenters. The van der Waals surface area contributed by atoms with Crippen LogP contribution >= 0.6 is 0 Å². The standard InChI is InChI=1S/C26H35N3O6/c1-26(2)17-29(25(32)35-26)20(13-18-9-5-3-6-10-18)21(30)16-33-23(15-27)22(34-24(28)31)14-19-11-7-4-8-12-19/h3-12,20-23,30H,13-17,27H2,1-2H3,(H2,28,31). The van der Waals surface area contributed by atoms with Crippen molar-refractivity contribution in [1.29, 1.82) is 0 Å². The van der Waals surface area contributed by atoms with E-state index in [1.165, 1.54) is 0 Å². The van der Waals surface area contributed by atoms with E-state index in [-0.39, 0.29) is 13.2 Å². The number of nitrogens with zero attached hydrogens (tertiary/aromatic N) is 1. The quantitative estimate of drug-likeness (QED) is 0.419. The van der Waals surface area contributed by atoms with Gasteiger partial charge in [-0.3, -0.25) is 4.90 Å². The lowest BCUT2D eigenvalue weighted by Crippen LogP contribution is -2.50. The van der Waals surface area contributed by atoms with E-state index in [0.717, 1.165) is 11.1 Å². The molecule has 0 aliphatic carbocycles. The topological polar surface area (TPSA) is 137 Å². The van der Waals surface area contributed by atoms with Gasteiger partial charge in [0.15, 0.2) is 0 Å². The van der Waals surface area contributed by atoms with Crippen LogP contribution in [0.1, 0.15) is 25.0 Å². The average Bonchev–Trinajstić information content (AvgIpc) is 3.10. The number of carbonyl (C=O) groups excluding carboxylic acids is 2. The van der Waals surface area contributed by atoms with Crippen molar-refractivity contribution in [3.8, 4) is 0 Å². The Morgan fingerprint density at radius 3 is 2.11 bits per heavy atom. The van der Waals surface area contributed by atoms with Crippen LogP contribution in [0.2, 0.25) is 0 Å². The van der Waals surface area contributed by atoms with Gasteiger partial charge in [0.05, 0.1) is 25.3 Å². The van der Waals surface area contributed by atoms with Gasteiger partial charge in [-0.05, 0) is 31.4 Å². The fourth-order valence-electron chi connectivity index (χ4n) is 4.27. The van der Waals surface area contributed by atoms with E-state index in [0.29, 0.717) is 19.4 Å². The molecule has 35 heavy (non-hydrogen) atoms. The van der Waals surface area contributed by atoms with Gasteiger partial charge in [-0.1, -0.05) is 60.7 Å². The summed E-state index contributed by atoms with van der Waals surface area (Å²) in [4.78, 5) is 25.7. The number of benzene rings is 2. The van der Waals surface area contributed by atoms with Crippen LogP contribution in [0.5, 0.6) is 0 Å². The van der Waals surface area contributed by atoms with E-state index in [1.807, 2.05) is 74.5 Å². The van der Waals surface area contributed by atoms with E-state index < -0.39 is 42.1 Å². The molecule has 2 aromatic rings. The molecule has 0 aromatic heterocycles. The summed E-state index contributed by atoms with van der Waals surface area (Å²) in [6.45, 7) is 3.90. The first-order chi connectivity index (χ1) is 16.7. The highest BCUT2D eigenvalue weighted by atomic mass is 16.6. The lowest BCUT2D eigenvalue weighted by atomic mass is 9.99. The molecule has 0 saturated carbocycles. The maximum atomic E-state index is 12.6. The molecule has 9 heteroatoms. The monoisotopic (exact) mass is 485 g/mol. The van der Waals surface area contributed by atoms with Gasteiger partial charge in [0, 0.05) is 13.0 Å². The van der Waals surface area contributed by atoms with Crippen molar-refractivity contribution in [2.75, 3.05) is 19.7 Å². The number of ether oxygens (including phenoxy) is 3. The van der Waals surface area contributed by atoms with Crippen LogP contribution < -0.4 is 11.5 Å². The molecule has 9 nitrogen and oxygen atoms in total. The minimum atomic E-state index is -1.04. The summed E-state index contributed by atoms with van der Waals surface area (Å²) in [5.74, 6) is 0. The zero-order chi connectivity index (χ0) is 25.4. The molecule has 2 aromatic carbocycles. The number of rotatable bonds is 12. The highest BCUT2D eigenvalue weighted by Gasteiger charge is 2.43. The Balaban J connectivity index is 1.73. The highest BCUT2D eigenvalue weighted by molar-refractivity contribution is 5.71. The van der Waals surface area contributed by atoms with Crippen molar-refractivity contribution >= 4 is 12.2 Å². The molecule has 1 aliphatic heterocycles.